The van der Waals surface area contributed by atoms with Crippen LogP contribution in [-0.2, 0) is 24.2 Å². The van der Waals surface area contributed by atoms with Crippen molar-refractivity contribution in [3.63, 3.8) is 0 Å². The number of nitrogens with one attached hydrogen (secondary N) is 3. The molecule has 1 aromatic carbocycles. The summed E-state index contributed by atoms with van der Waals surface area (Å²) in [6, 6.07) is 10.4. The number of aliphatic imine (C=N–C) groups is 1. The fourth-order valence-corrected chi connectivity index (χ4v) is 4.50. The van der Waals surface area contributed by atoms with E-state index in [0.717, 1.165) is 31.4 Å². The Kier molecular flexibility index (Phi) is 7.54. The Morgan fingerprint density at radius 2 is 2.14 bits per heavy atom. The highest BCUT2D eigenvalue weighted by Crippen LogP contribution is 2.23. The molecule has 0 aliphatic carbocycles. The van der Waals surface area contributed by atoms with Crippen molar-refractivity contribution in [1.29, 1.82) is 0 Å². The Bertz CT molecular complexity index is 996. The second-order valence-electron chi connectivity index (χ2n) is 6.90. The molecule has 4 rings (SSSR count). The lowest BCUT2D eigenvalue weighted by atomic mass is 10.1. The molecule has 29 heavy (non-hydrogen) atoms. The number of fused-ring (bicyclic) bond motifs is 2. The summed E-state index contributed by atoms with van der Waals surface area (Å²) in [5.74, 6) is 0.762. The van der Waals surface area contributed by atoms with E-state index in [2.05, 4.69) is 56.5 Å². The van der Waals surface area contributed by atoms with Gasteiger partial charge in [-0.1, -0.05) is 18.2 Å². The first-order chi connectivity index (χ1) is 13.7. The van der Waals surface area contributed by atoms with Gasteiger partial charge >= 0.3 is 0 Å². The van der Waals surface area contributed by atoms with Crippen molar-refractivity contribution in [1.82, 2.24) is 20.5 Å². The first kappa shape index (κ1) is 21.6. The van der Waals surface area contributed by atoms with E-state index in [-0.39, 0.29) is 36.4 Å². The van der Waals surface area contributed by atoms with E-state index in [9.17, 15) is 4.79 Å². The molecule has 0 saturated carbocycles. The maximum Gasteiger partial charge on any atom is 0.242 e. The number of guanidine groups is 1. The molecule has 3 N–H and O–H groups in total. The zero-order chi connectivity index (χ0) is 19.3. The molecule has 8 heteroatoms. The third-order valence-electron chi connectivity index (χ3n) is 5.15. The minimum atomic E-state index is 0. The van der Waals surface area contributed by atoms with Gasteiger partial charge in [0.25, 0.3) is 0 Å². The van der Waals surface area contributed by atoms with Crippen LogP contribution in [0, 0.1) is 0 Å². The highest BCUT2D eigenvalue weighted by molar-refractivity contribution is 14.0. The Morgan fingerprint density at radius 3 is 3.00 bits per heavy atom. The molecule has 0 radical (unpaired) electrons. The first-order valence-electron chi connectivity index (χ1n) is 9.57. The van der Waals surface area contributed by atoms with E-state index < -0.39 is 0 Å². The molecule has 0 fully saturated rings. The fraction of sp³-hybridized carbons (Fsp3) is 0.333. The average molecular weight is 523 g/mol. The summed E-state index contributed by atoms with van der Waals surface area (Å²) < 4.78 is 0. The number of thiophene rings is 1. The van der Waals surface area contributed by atoms with Crippen LogP contribution < -0.4 is 10.6 Å². The second-order valence-corrected chi connectivity index (χ2v) is 7.90. The van der Waals surface area contributed by atoms with Crippen LogP contribution in [0.15, 0.2) is 46.9 Å². The van der Waals surface area contributed by atoms with Crippen LogP contribution in [0.1, 0.15) is 16.0 Å². The van der Waals surface area contributed by atoms with Crippen LogP contribution in [-0.4, -0.2) is 48.4 Å². The molecule has 0 unspecified atom stereocenters. The molecule has 2 aromatic heterocycles. The van der Waals surface area contributed by atoms with Gasteiger partial charge in [-0.2, -0.15) is 0 Å². The molecule has 0 bridgehead atoms. The van der Waals surface area contributed by atoms with Crippen LogP contribution in [0.25, 0.3) is 10.9 Å². The number of halogens is 1. The molecule has 0 atom stereocenters. The van der Waals surface area contributed by atoms with E-state index in [0.29, 0.717) is 12.5 Å². The summed E-state index contributed by atoms with van der Waals surface area (Å²) in [5.41, 5.74) is 3.71. The molecular formula is C21H26IN5OS. The molecule has 1 amide bonds. The maximum atomic E-state index is 12.5. The number of carbonyl (C=O) groups is 1. The topological polar surface area (TPSA) is 72.5 Å². The highest BCUT2D eigenvalue weighted by Gasteiger charge is 2.21. The number of nitrogens with zero attached hydrogens (tertiary/aromatic N) is 2. The molecule has 1 aliphatic rings. The van der Waals surface area contributed by atoms with Crippen LogP contribution >= 0.6 is 35.3 Å². The number of hydrogen-bond donors (Lipinski definition) is 3. The van der Waals surface area contributed by atoms with E-state index in [1.807, 2.05) is 11.0 Å². The molecule has 0 spiro atoms. The lowest BCUT2D eigenvalue weighted by Gasteiger charge is -2.27. The Labute approximate surface area is 191 Å². The third-order valence-corrected chi connectivity index (χ3v) is 6.18. The molecule has 3 heterocycles. The van der Waals surface area contributed by atoms with Gasteiger partial charge in [-0.15, -0.1) is 35.3 Å². The third kappa shape index (κ3) is 5.11. The number of H-pyrrole nitrogens is 1. The van der Waals surface area contributed by atoms with Crippen molar-refractivity contribution in [2.75, 3.05) is 26.7 Å². The summed E-state index contributed by atoms with van der Waals surface area (Å²) >= 11 is 1.78. The number of benzene rings is 1. The number of aromatic amines is 1. The molecule has 1 aliphatic heterocycles. The van der Waals surface area contributed by atoms with Gasteiger partial charge < -0.3 is 20.5 Å². The van der Waals surface area contributed by atoms with Crippen LogP contribution in [0.2, 0.25) is 0 Å². The zero-order valence-corrected chi connectivity index (χ0v) is 19.6. The van der Waals surface area contributed by atoms with Crippen molar-refractivity contribution >= 4 is 58.1 Å². The van der Waals surface area contributed by atoms with Gasteiger partial charge in [-0.05, 0) is 41.5 Å². The second kappa shape index (κ2) is 10.1. The van der Waals surface area contributed by atoms with Crippen LogP contribution in [0.4, 0.5) is 0 Å². The number of hydrogen-bond acceptors (Lipinski definition) is 3. The highest BCUT2D eigenvalue weighted by atomic mass is 127. The lowest BCUT2D eigenvalue weighted by molar-refractivity contribution is -0.130. The zero-order valence-electron chi connectivity index (χ0n) is 16.4. The van der Waals surface area contributed by atoms with Crippen molar-refractivity contribution < 1.29 is 4.79 Å². The fourth-order valence-electron chi connectivity index (χ4n) is 3.61. The largest absolute Gasteiger partial charge is 0.361 e. The van der Waals surface area contributed by atoms with Gasteiger partial charge in [0, 0.05) is 48.7 Å². The van der Waals surface area contributed by atoms with Crippen LogP contribution in [0.5, 0.6) is 0 Å². The predicted molar refractivity (Wildman–Crippen MR) is 130 cm³/mol. The minimum Gasteiger partial charge on any atom is -0.361 e. The van der Waals surface area contributed by atoms with Crippen molar-refractivity contribution in [3.8, 4) is 0 Å². The monoisotopic (exact) mass is 523 g/mol. The molecule has 0 saturated heterocycles. The van der Waals surface area contributed by atoms with Gasteiger partial charge in [0.1, 0.15) is 0 Å². The normalized spacial score (nSPS) is 13.7. The lowest BCUT2D eigenvalue weighted by Crippen LogP contribution is -2.46. The van der Waals surface area contributed by atoms with E-state index >= 15 is 0 Å². The Hall–Kier alpha value is -2.07. The quantitative estimate of drug-likeness (QED) is 0.274. The van der Waals surface area contributed by atoms with Gasteiger partial charge in [0.2, 0.25) is 5.91 Å². The number of carbonyl (C=O) groups excluding carboxylic acids is 1. The molecule has 6 nitrogen and oxygen atoms in total. The van der Waals surface area contributed by atoms with Crippen LogP contribution in [0.3, 0.4) is 0 Å². The van der Waals surface area contributed by atoms with E-state index in [1.165, 1.54) is 21.4 Å². The van der Waals surface area contributed by atoms with Gasteiger partial charge in [-0.3, -0.25) is 9.79 Å². The number of rotatable bonds is 5. The summed E-state index contributed by atoms with van der Waals surface area (Å²) in [5, 5.41) is 9.80. The van der Waals surface area contributed by atoms with Crippen molar-refractivity contribution in [2.45, 2.75) is 19.4 Å². The van der Waals surface area contributed by atoms with Gasteiger partial charge in [0.05, 0.1) is 6.54 Å². The standard InChI is InChI=1S/C21H25N5OS.HI/c1-22-21(23-9-6-15-12-24-18-5-3-2-4-17(15)18)25-13-20(27)26-10-7-19-16(14-26)8-11-28-19;/h2-5,8,11-12,24H,6-7,9-10,13-14H2,1H3,(H2,22,23,25);1H. The minimum absolute atomic E-state index is 0. The summed E-state index contributed by atoms with van der Waals surface area (Å²) in [4.78, 5) is 23.4. The smallest absolute Gasteiger partial charge is 0.242 e. The first-order valence-corrected chi connectivity index (χ1v) is 10.4. The summed E-state index contributed by atoms with van der Waals surface area (Å²) in [6.07, 6.45) is 3.89. The SMILES string of the molecule is CN=C(NCCc1c[nH]c2ccccc12)NCC(=O)N1CCc2sccc2C1.I. The number of aromatic nitrogens is 1. The molecule has 3 aromatic rings. The Morgan fingerprint density at radius 1 is 1.28 bits per heavy atom. The van der Waals surface area contributed by atoms with Gasteiger partial charge in [0.15, 0.2) is 5.96 Å². The van der Waals surface area contributed by atoms with Gasteiger partial charge in [-0.25, -0.2) is 0 Å². The van der Waals surface area contributed by atoms with Crippen molar-refractivity contribution in [2.24, 2.45) is 4.99 Å². The number of amides is 1. The van der Waals surface area contributed by atoms with E-state index in [4.69, 9.17) is 0 Å². The number of para-hydroxylation sites is 1. The summed E-state index contributed by atoms with van der Waals surface area (Å²) in [7, 11) is 1.73. The maximum absolute atomic E-state index is 12.5. The van der Waals surface area contributed by atoms with Crippen molar-refractivity contribution in [3.05, 3.63) is 57.9 Å². The summed E-state index contributed by atoms with van der Waals surface area (Å²) in [6.45, 7) is 2.51. The van der Waals surface area contributed by atoms with E-state index in [1.54, 1.807) is 18.4 Å². The Balaban J connectivity index is 0.00000240. The predicted octanol–water partition coefficient (Wildman–Crippen LogP) is 3.14. The molecular weight excluding hydrogens is 497 g/mol. The molecule has 154 valence electrons. The average Bonchev–Trinajstić information content (AvgIpc) is 3.36.